The molecule has 1 fully saturated rings. The monoisotopic (exact) mass is 493 g/mol. The Labute approximate surface area is 214 Å². The van der Waals surface area contributed by atoms with Crippen LogP contribution in [-0.2, 0) is 24.4 Å². The Morgan fingerprint density at radius 2 is 1.70 bits per heavy atom. The summed E-state index contributed by atoms with van der Waals surface area (Å²) in [6.07, 6.45) is 1.54. The third-order valence-corrected chi connectivity index (χ3v) is 7.39. The zero-order valence-corrected chi connectivity index (χ0v) is 20.3. The molecule has 8 heteroatoms. The minimum atomic E-state index is -0.775. The molecule has 1 saturated heterocycles. The number of hydrogen-bond acceptors (Lipinski definition) is 6. The molecule has 1 aromatic heterocycles. The number of aromatic nitrogens is 2. The highest BCUT2D eigenvalue weighted by Crippen LogP contribution is 2.32. The molecule has 3 N–H and O–H groups in total. The first-order valence-corrected chi connectivity index (χ1v) is 12.5. The molecule has 4 aromatic rings. The van der Waals surface area contributed by atoms with E-state index >= 15 is 0 Å². The van der Waals surface area contributed by atoms with Gasteiger partial charge in [-0.25, -0.2) is 9.97 Å². The molecule has 186 valence electrons. The van der Waals surface area contributed by atoms with Gasteiger partial charge in [-0.15, -0.1) is 0 Å². The number of benzene rings is 3. The van der Waals surface area contributed by atoms with Crippen LogP contribution in [-0.4, -0.2) is 49.3 Å². The van der Waals surface area contributed by atoms with Crippen molar-refractivity contribution in [2.24, 2.45) is 0 Å². The van der Waals surface area contributed by atoms with Crippen LogP contribution in [0.25, 0.3) is 22.0 Å². The number of nitrogens with two attached hydrogens (primary N) is 1. The van der Waals surface area contributed by atoms with Crippen molar-refractivity contribution in [1.82, 2.24) is 19.8 Å². The largest absolute Gasteiger partial charge is 0.480 e. The van der Waals surface area contributed by atoms with Crippen LogP contribution in [0.1, 0.15) is 40.0 Å². The molecule has 2 aliphatic rings. The number of amides is 1. The van der Waals surface area contributed by atoms with E-state index in [0.717, 1.165) is 40.8 Å². The summed E-state index contributed by atoms with van der Waals surface area (Å²) in [5.41, 5.74) is 12.1. The Hall–Kier alpha value is -4.30. The number of rotatable bonds is 5. The van der Waals surface area contributed by atoms with Crippen molar-refractivity contribution in [3.05, 3.63) is 89.1 Å². The van der Waals surface area contributed by atoms with Crippen molar-refractivity contribution in [1.29, 1.82) is 0 Å². The molecule has 37 heavy (non-hydrogen) atoms. The van der Waals surface area contributed by atoms with E-state index in [2.05, 4.69) is 9.97 Å². The summed E-state index contributed by atoms with van der Waals surface area (Å²) in [7, 11) is 0. The van der Waals surface area contributed by atoms with Gasteiger partial charge >= 0.3 is 5.97 Å². The molecular formula is C29H27N5O3. The molecule has 8 nitrogen and oxygen atoms in total. The second-order valence-electron chi connectivity index (χ2n) is 9.72. The number of carbonyl (C=O) groups is 2. The lowest BCUT2D eigenvalue weighted by atomic mass is 9.97. The number of fused-ring (bicyclic) bond motifs is 2. The van der Waals surface area contributed by atoms with E-state index in [4.69, 9.17) is 5.73 Å². The van der Waals surface area contributed by atoms with E-state index in [0.29, 0.717) is 42.7 Å². The molecule has 1 amide bonds. The van der Waals surface area contributed by atoms with Gasteiger partial charge in [0.15, 0.2) is 0 Å². The Morgan fingerprint density at radius 3 is 2.46 bits per heavy atom. The maximum Gasteiger partial charge on any atom is 0.320 e. The van der Waals surface area contributed by atoms with Crippen LogP contribution in [0.2, 0.25) is 0 Å². The number of nitrogens with zero attached hydrogens (tertiary/aromatic N) is 4. The Balaban J connectivity index is 1.37. The summed E-state index contributed by atoms with van der Waals surface area (Å²) in [5, 5.41) is 10.3. The fraction of sp³-hybridized carbons (Fsp3) is 0.241. The van der Waals surface area contributed by atoms with Crippen LogP contribution in [0.15, 0.2) is 66.7 Å². The maximum absolute atomic E-state index is 13.6. The number of carbonyl (C=O) groups excluding carboxylic acids is 1. The van der Waals surface area contributed by atoms with Gasteiger partial charge in [-0.1, -0.05) is 54.6 Å². The molecule has 0 saturated carbocycles. The highest BCUT2D eigenvalue weighted by atomic mass is 16.4. The minimum Gasteiger partial charge on any atom is -0.480 e. The summed E-state index contributed by atoms with van der Waals surface area (Å²) in [6.45, 7) is 2.36. The quantitative estimate of drug-likeness (QED) is 0.431. The molecule has 2 aliphatic heterocycles. The third kappa shape index (κ3) is 4.29. The van der Waals surface area contributed by atoms with Crippen LogP contribution in [0.3, 0.4) is 0 Å². The molecule has 1 unspecified atom stereocenters. The van der Waals surface area contributed by atoms with Crippen molar-refractivity contribution in [3.8, 4) is 11.1 Å². The highest BCUT2D eigenvalue weighted by molar-refractivity contribution is 6.06. The maximum atomic E-state index is 13.6. The topological polar surface area (TPSA) is 113 Å². The average Bonchev–Trinajstić information content (AvgIpc) is 3.55. The lowest BCUT2D eigenvalue weighted by Gasteiger charge is -2.22. The van der Waals surface area contributed by atoms with Gasteiger partial charge in [-0.05, 0) is 59.3 Å². The number of nitrogen functional groups attached to an aromatic ring is 1. The van der Waals surface area contributed by atoms with Gasteiger partial charge in [0.1, 0.15) is 11.7 Å². The molecule has 0 bridgehead atoms. The van der Waals surface area contributed by atoms with E-state index in [1.54, 1.807) is 4.90 Å². The van der Waals surface area contributed by atoms with Crippen molar-refractivity contribution in [2.75, 3.05) is 12.3 Å². The summed E-state index contributed by atoms with van der Waals surface area (Å²) in [4.78, 5) is 37.9. The van der Waals surface area contributed by atoms with Gasteiger partial charge in [0, 0.05) is 25.0 Å². The van der Waals surface area contributed by atoms with Gasteiger partial charge in [0.2, 0.25) is 5.95 Å². The molecule has 1 atom stereocenters. The Bertz CT molecular complexity index is 1510. The lowest BCUT2D eigenvalue weighted by molar-refractivity contribution is -0.142. The molecule has 0 radical (unpaired) electrons. The average molecular weight is 494 g/mol. The van der Waals surface area contributed by atoms with Crippen molar-refractivity contribution in [3.63, 3.8) is 0 Å². The zero-order valence-electron chi connectivity index (χ0n) is 20.3. The zero-order chi connectivity index (χ0) is 25.5. The van der Waals surface area contributed by atoms with Crippen LogP contribution in [0, 0.1) is 0 Å². The molecule has 0 aliphatic carbocycles. The Morgan fingerprint density at radius 1 is 0.973 bits per heavy atom. The summed E-state index contributed by atoms with van der Waals surface area (Å²) >= 11 is 0. The van der Waals surface area contributed by atoms with E-state index < -0.39 is 12.0 Å². The molecule has 3 aromatic carbocycles. The van der Waals surface area contributed by atoms with Gasteiger partial charge in [-0.3, -0.25) is 14.5 Å². The summed E-state index contributed by atoms with van der Waals surface area (Å²) in [5.74, 6) is -0.890. The first kappa shape index (κ1) is 23.1. The summed E-state index contributed by atoms with van der Waals surface area (Å²) < 4.78 is 0. The SMILES string of the molecule is Nc1nc(C(=O)N2Cc3ccccc3C2)c2cc(-c3ccccc3CN3CCCC3C(=O)O)ccc2n1. The molecule has 0 spiro atoms. The fourth-order valence-electron chi connectivity index (χ4n) is 5.56. The first-order valence-electron chi connectivity index (χ1n) is 12.5. The van der Waals surface area contributed by atoms with Crippen LogP contribution in [0.5, 0.6) is 0 Å². The number of carboxylic acid groups (broad SMARTS) is 1. The smallest absolute Gasteiger partial charge is 0.320 e. The predicted octanol–water partition coefficient (Wildman–Crippen LogP) is 4.08. The summed E-state index contributed by atoms with van der Waals surface area (Å²) in [6, 6.07) is 21.4. The van der Waals surface area contributed by atoms with Gasteiger partial charge in [0.05, 0.1) is 5.52 Å². The second-order valence-corrected chi connectivity index (χ2v) is 9.72. The highest BCUT2D eigenvalue weighted by Gasteiger charge is 2.31. The fourth-order valence-corrected chi connectivity index (χ4v) is 5.56. The normalized spacial score (nSPS) is 17.3. The number of carboxylic acids is 1. The van der Waals surface area contributed by atoms with Gasteiger partial charge in [0.25, 0.3) is 5.91 Å². The van der Waals surface area contributed by atoms with Gasteiger partial charge in [-0.2, -0.15) is 0 Å². The number of hydrogen-bond donors (Lipinski definition) is 2. The number of aliphatic carboxylic acids is 1. The Kier molecular flexibility index (Phi) is 5.81. The van der Waals surface area contributed by atoms with Gasteiger partial charge < -0.3 is 15.7 Å². The van der Waals surface area contributed by atoms with Crippen molar-refractivity contribution < 1.29 is 14.7 Å². The number of anilines is 1. The molecule has 3 heterocycles. The van der Waals surface area contributed by atoms with E-state index in [1.165, 1.54) is 0 Å². The van der Waals surface area contributed by atoms with E-state index in [-0.39, 0.29) is 11.9 Å². The van der Waals surface area contributed by atoms with Crippen molar-refractivity contribution in [2.45, 2.75) is 38.5 Å². The standard InChI is InChI=1S/C29H27N5O3/c30-29-31-24-12-11-18(22-9-4-3-8-21(22)17-33-13-5-10-25(33)28(36)37)14-23(24)26(32-29)27(35)34-15-19-6-1-2-7-20(19)16-34/h1-4,6-9,11-12,14,25H,5,10,13,15-17H2,(H,36,37)(H2,30,31,32). The lowest BCUT2D eigenvalue weighted by Crippen LogP contribution is -2.35. The first-order chi connectivity index (χ1) is 18.0. The predicted molar refractivity (Wildman–Crippen MR) is 140 cm³/mol. The van der Waals surface area contributed by atoms with Crippen LogP contribution < -0.4 is 5.73 Å². The van der Waals surface area contributed by atoms with Crippen LogP contribution in [0.4, 0.5) is 5.95 Å². The number of likely N-dealkylation sites (tertiary alicyclic amines) is 1. The van der Waals surface area contributed by atoms with Crippen molar-refractivity contribution >= 4 is 28.7 Å². The molecular weight excluding hydrogens is 466 g/mol. The molecule has 6 rings (SSSR count). The van der Waals surface area contributed by atoms with E-state index in [1.807, 2.05) is 71.6 Å². The van der Waals surface area contributed by atoms with E-state index in [9.17, 15) is 14.7 Å². The second kappa shape index (κ2) is 9.29. The van der Waals surface area contributed by atoms with Crippen LogP contribution >= 0.6 is 0 Å². The minimum absolute atomic E-state index is 0.0643. The third-order valence-electron chi connectivity index (χ3n) is 7.39.